The van der Waals surface area contributed by atoms with Crippen LogP contribution in [0, 0.1) is 6.92 Å². The maximum Gasteiger partial charge on any atom is 0.252 e. The molecule has 1 aliphatic heterocycles. The van der Waals surface area contributed by atoms with E-state index in [4.69, 9.17) is 0 Å². The molecule has 19 heavy (non-hydrogen) atoms. The Bertz CT molecular complexity index is 617. The van der Waals surface area contributed by atoms with Gasteiger partial charge in [-0.3, -0.25) is 4.79 Å². The van der Waals surface area contributed by atoms with Crippen LogP contribution in [0.25, 0.3) is 0 Å². The van der Waals surface area contributed by atoms with E-state index in [2.05, 4.69) is 24.4 Å². The van der Waals surface area contributed by atoms with Gasteiger partial charge in [-0.25, -0.2) is 9.97 Å². The van der Waals surface area contributed by atoms with Crippen LogP contribution in [0.1, 0.15) is 24.7 Å². The topological polar surface area (TPSA) is 66.8 Å². The van der Waals surface area contributed by atoms with Crippen LogP contribution in [-0.2, 0) is 0 Å². The summed E-state index contributed by atoms with van der Waals surface area (Å²) in [5.74, 6) is 1.79. The van der Waals surface area contributed by atoms with E-state index in [0.717, 1.165) is 37.6 Å². The molecule has 0 spiro atoms. The summed E-state index contributed by atoms with van der Waals surface area (Å²) in [5.41, 5.74) is -0.106. The molecule has 0 radical (unpaired) electrons. The molecule has 2 aromatic rings. The summed E-state index contributed by atoms with van der Waals surface area (Å²) < 4.78 is 2.21. The number of rotatable bonds is 2. The second-order valence-corrected chi connectivity index (χ2v) is 4.89. The van der Waals surface area contributed by atoms with Crippen molar-refractivity contribution in [2.75, 3.05) is 18.0 Å². The second kappa shape index (κ2) is 4.87. The maximum atomic E-state index is 11.4. The predicted molar refractivity (Wildman–Crippen MR) is 72.3 cm³/mol. The van der Waals surface area contributed by atoms with Crippen molar-refractivity contribution in [3.8, 4) is 0 Å². The van der Waals surface area contributed by atoms with Gasteiger partial charge in [0.2, 0.25) is 0 Å². The average Bonchev–Trinajstić information content (AvgIpc) is 2.85. The molecule has 3 heterocycles. The minimum Gasteiger partial charge on any atom is -0.354 e. The zero-order valence-electron chi connectivity index (χ0n) is 10.9. The molecular formula is C13H17N5O. The molecule has 0 aliphatic carbocycles. The van der Waals surface area contributed by atoms with E-state index in [1.165, 1.54) is 6.33 Å². The van der Waals surface area contributed by atoms with Crippen LogP contribution in [0.3, 0.4) is 0 Å². The number of nitrogens with one attached hydrogen (secondary N) is 1. The van der Waals surface area contributed by atoms with Gasteiger partial charge < -0.3 is 14.5 Å². The molecule has 1 unspecified atom stereocenters. The molecule has 2 aromatic heterocycles. The van der Waals surface area contributed by atoms with Gasteiger partial charge in [-0.15, -0.1) is 0 Å². The first kappa shape index (κ1) is 12.0. The fourth-order valence-corrected chi connectivity index (χ4v) is 2.69. The number of aromatic nitrogens is 4. The Labute approximate surface area is 111 Å². The third kappa shape index (κ3) is 2.38. The van der Waals surface area contributed by atoms with Crippen molar-refractivity contribution in [2.24, 2.45) is 0 Å². The highest BCUT2D eigenvalue weighted by Crippen LogP contribution is 2.24. The Morgan fingerprint density at radius 1 is 1.42 bits per heavy atom. The van der Waals surface area contributed by atoms with Crippen LogP contribution in [-0.4, -0.2) is 32.6 Å². The van der Waals surface area contributed by atoms with Crippen molar-refractivity contribution in [2.45, 2.75) is 25.8 Å². The van der Waals surface area contributed by atoms with Gasteiger partial charge >= 0.3 is 0 Å². The van der Waals surface area contributed by atoms with Crippen molar-refractivity contribution in [3.05, 3.63) is 41.0 Å². The lowest BCUT2D eigenvalue weighted by Crippen LogP contribution is -2.37. The van der Waals surface area contributed by atoms with Crippen LogP contribution in [0.5, 0.6) is 0 Å². The Morgan fingerprint density at radius 2 is 2.32 bits per heavy atom. The molecule has 1 N–H and O–H groups in total. The molecule has 100 valence electrons. The molecule has 6 heteroatoms. The normalized spacial score (nSPS) is 19.6. The summed E-state index contributed by atoms with van der Waals surface area (Å²) >= 11 is 0. The molecule has 1 aliphatic rings. The van der Waals surface area contributed by atoms with Crippen molar-refractivity contribution < 1.29 is 0 Å². The molecule has 1 fully saturated rings. The molecule has 0 bridgehead atoms. The van der Waals surface area contributed by atoms with Gasteiger partial charge in [0.25, 0.3) is 5.56 Å². The molecule has 6 nitrogen and oxygen atoms in total. The number of anilines is 1. The van der Waals surface area contributed by atoms with Crippen LogP contribution < -0.4 is 10.5 Å². The Morgan fingerprint density at radius 3 is 3.05 bits per heavy atom. The second-order valence-electron chi connectivity index (χ2n) is 4.89. The summed E-state index contributed by atoms with van der Waals surface area (Å²) in [7, 11) is 0. The quantitative estimate of drug-likeness (QED) is 0.877. The first-order chi connectivity index (χ1) is 9.24. The summed E-state index contributed by atoms with van der Waals surface area (Å²) in [4.78, 5) is 24.6. The average molecular weight is 259 g/mol. The van der Waals surface area contributed by atoms with Crippen LogP contribution in [0.15, 0.2) is 29.6 Å². The minimum atomic E-state index is -0.106. The largest absolute Gasteiger partial charge is 0.354 e. The molecule has 1 atom stereocenters. The summed E-state index contributed by atoms with van der Waals surface area (Å²) in [6.07, 6.45) is 7.55. The van der Waals surface area contributed by atoms with Crippen molar-refractivity contribution >= 4 is 5.82 Å². The van der Waals surface area contributed by atoms with Crippen molar-refractivity contribution in [3.63, 3.8) is 0 Å². The lowest BCUT2D eigenvalue weighted by atomic mass is 10.1. The van der Waals surface area contributed by atoms with E-state index >= 15 is 0 Å². The Hall–Kier alpha value is -2.11. The van der Waals surface area contributed by atoms with Gasteiger partial charge in [-0.1, -0.05) is 0 Å². The smallest absolute Gasteiger partial charge is 0.252 e. The highest BCUT2D eigenvalue weighted by molar-refractivity contribution is 5.37. The number of H-pyrrole nitrogens is 1. The Kier molecular flexibility index (Phi) is 3.06. The van der Waals surface area contributed by atoms with E-state index < -0.39 is 0 Å². The van der Waals surface area contributed by atoms with E-state index in [0.29, 0.717) is 6.04 Å². The van der Waals surface area contributed by atoms with Crippen LogP contribution >= 0.6 is 0 Å². The monoisotopic (exact) mass is 259 g/mol. The molecule has 1 saturated heterocycles. The number of piperidine rings is 1. The maximum absolute atomic E-state index is 11.4. The summed E-state index contributed by atoms with van der Waals surface area (Å²) in [5, 5.41) is 0. The molecule has 0 aromatic carbocycles. The van der Waals surface area contributed by atoms with Gasteiger partial charge in [0, 0.05) is 31.5 Å². The number of hydrogen-bond donors (Lipinski definition) is 1. The number of aryl methyl sites for hydroxylation is 1. The fourth-order valence-electron chi connectivity index (χ4n) is 2.69. The zero-order chi connectivity index (χ0) is 13.2. The van der Waals surface area contributed by atoms with Gasteiger partial charge in [0.15, 0.2) is 0 Å². The number of imidazole rings is 1. The van der Waals surface area contributed by atoms with Gasteiger partial charge in [-0.2, -0.15) is 0 Å². The van der Waals surface area contributed by atoms with Gasteiger partial charge in [-0.05, 0) is 19.8 Å². The first-order valence-corrected chi connectivity index (χ1v) is 6.53. The summed E-state index contributed by atoms with van der Waals surface area (Å²) in [6.45, 7) is 3.83. The van der Waals surface area contributed by atoms with Crippen LogP contribution in [0.4, 0.5) is 5.82 Å². The standard InChI is InChI=1S/C13H17N5O/c1-10-14-4-6-18(10)11-3-2-5-17(8-11)12-7-13(19)16-9-15-12/h4,6-7,9,11H,2-3,5,8H2,1H3,(H,15,16,19). The van der Waals surface area contributed by atoms with Gasteiger partial charge in [0.05, 0.1) is 12.4 Å². The number of aromatic amines is 1. The van der Waals surface area contributed by atoms with Crippen molar-refractivity contribution in [1.29, 1.82) is 0 Å². The number of nitrogens with zero attached hydrogens (tertiary/aromatic N) is 4. The molecule has 0 saturated carbocycles. The van der Waals surface area contributed by atoms with Crippen molar-refractivity contribution in [1.82, 2.24) is 19.5 Å². The highest BCUT2D eigenvalue weighted by atomic mass is 16.1. The SMILES string of the molecule is Cc1nccn1C1CCCN(c2cc(=O)[nH]cn2)C1. The molecule has 0 amide bonds. The zero-order valence-corrected chi connectivity index (χ0v) is 10.9. The van der Waals surface area contributed by atoms with Gasteiger partial charge in [0.1, 0.15) is 11.6 Å². The summed E-state index contributed by atoms with van der Waals surface area (Å²) in [6, 6.07) is 1.96. The van der Waals surface area contributed by atoms with E-state index in [1.807, 2.05) is 19.3 Å². The lowest BCUT2D eigenvalue weighted by Gasteiger charge is -2.34. The Balaban J connectivity index is 1.82. The number of hydrogen-bond acceptors (Lipinski definition) is 4. The molecular weight excluding hydrogens is 242 g/mol. The third-order valence-corrected chi connectivity index (χ3v) is 3.64. The highest BCUT2D eigenvalue weighted by Gasteiger charge is 2.23. The van der Waals surface area contributed by atoms with Crippen LogP contribution in [0.2, 0.25) is 0 Å². The minimum absolute atomic E-state index is 0.106. The fraction of sp³-hybridized carbons (Fsp3) is 0.462. The predicted octanol–water partition coefficient (Wildman–Crippen LogP) is 1.12. The lowest BCUT2D eigenvalue weighted by molar-refractivity contribution is 0.397. The van der Waals surface area contributed by atoms with E-state index in [9.17, 15) is 4.79 Å². The van der Waals surface area contributed by atoms with E-state index in [1.54, 1.807) is 6.07 Å². The first-order valence-electron chi connectivity index (χ1n) is 6.53. The van der Waals surface area contributed by atoms with E-state index in [-0.39, 0.29) is 5.56 Å². The third-order valence-electron chi connectivity index (χ3n) is 3.64. The molecule has 3 rings (SSSR count).